The lowest BCUT2D eigenvalue weighted by Crippen LogP contribution is -2.11. The molecule has 10 heteroatoms. The zero-order valence-corrected chi connectivity index (χ0v) is 17.2. The van der Waals surface area contributed by atoms with Crippen molar-refractivity contribution in [3.63, 3.8) is 0 Å². The molecule has 29 heavy (non-hydrogen) atoms. The van der Waals surface area contributed by atoms with Gasteiger partial charge in [-0.2, -0.15) is 0 Å². The number of thiazole rings is 1. The number of carbonyl (C=O) groups is 1. The predicted octanol–water partition coefficient (Wildman–Crippen LogP) is 3.44. The van der Waals surface area contributed by atoms with Gasteiger partial charge in [-0.15, -0.1) is 21.5 Å². The van der Waals surface area contributed by atoms with Crippen LogP contribution in [0.4, 0.5) is 10.3 Å². The van der Waals surface area contributed by atoms with Gasteiger partial charge in [-0.05, 0) is 31.2 Å². The maximum Gasteiger partial charge on any atom is 0.257 e. The van der Waals surface area contributed by atoms with E-state index in [1.54, 1.807) is 23.5 Å². The molecule has 0 atom stereocenters. The van der Waals surface area contributed by atoms with Crippen molar-refractivity contribution < 1.29 is 9.53 Å². The smallest absolute Gasteiger partial charge is 0.257 e. The van der Waals surface area contributed by atoms with Crippen molar-refractivity contribution in [3.8, 4) is 11.3 Å². The normalized spacial score (nSPS) is 13.1. The summed E-state index contributed by atoms with van der Waals surface area (Å²) in [5, 5.41) is 18.1. The van der Waals surface area contributed by atoms with Crippen LogP contribution in [0, 0.1) is 0 Å². The number of hydrogen-bond donors (Lipinski definition) is 3. The first kappa shape index (κ1) is 19.5. The van der Waals surface area contributed by atoms with Crippen molar-refractivity contribution in [1.82, 2.24) is 15.2 Å². The second-order valence-electron chi connectivity index (χ2n) is 6.26. The number of nitrogens with two attached hydrogens (primary N) is 1. The van der Waals surface area contributed by atoms with E-state index in [2.05, 4.69) is 25.8 Å². The molecule has 1 aromatic carbocycles. The Balaban J connectivity index is 1.38. The molecule has 1 aliphatic heterocycles. The molecular formula is C19H20N6O2S2. The molecule has 0 bridgehead atoms. The standard InChI is InChI=1S/C19H20N6O2S2/c20-8-2-9-21-18-22-14(11-28-18)12-4-6-13(7-5-12)16(26)23-19-25-24-17(29-19)15-3-1-10-27-15/h3-7,11H,1-2,8-10,20H2,(H,21,22)(H,23,25,26). The van der Waals surface area contributed by atoms with Crippen LogP contribution in [0.5, 0.6) is 0 Å². The van der Waals surface area contributed by atoms with Gasteiger partial charge in [-0.3, -0.25) is 10.1 Å². The van der Waals surface area contributed by atoms with Crippen molar-refractivity contribution in [3.05, 3.63) is 46.3 Å². The van der Waals surface area contributed by atoms with E-state index in [9.17, 15) is 4.79 Å². The van der Waals surface area contributed by atoms with Gasteiger partial charge in [-0.25, -0.2) is 4.98 Å². The third kappa shape index (κ3) is 4.78. The highest BCUT2D eigenvalue weighted by Crippen LogP contribution is 2.28. The van der Waals surface area contributed by atoms with Crippen molar-refractivity contribution in [1.29, 1.82) is 0 Å². The Labute approximate surface area is 175 Å². The highest BCUT2D eigenvalue weighted by atomic mass is 32.1. The number of aromatic nitrogens is 3. The fourth-order valence-corrected chi connectivity index (χ4v) is 4.17. The fourth-order valence-electron chi connectivity index (χ4n) is 2.69. The minimum atomic E-state index is -0.233. The summed E-state index contributed by atoms with van der Waals surface area (Å²) in [6.07, 6.45) is 3.75. The summed E-state index contributed by atoms with van der Waals surface area (Å²) in [5.74, 6) is 0.496. The van der Waals surface area contributed by atoms with E-state index in [-0.39, 0.29) is 5.91 Å². The second-order valence-corrected chi connectivity index (χ2v) is 8.09. The molecule has 2 aromatic heterocycles. The van der Waals surface area contributed by atoms with E-state index in [1.165, 1.54) is 11.3 Å². The molecule has 8 nitrogen and oxygen atoms in total. The summed E-state index contributed by atoms with van der Waals surface area (Å²) in [7, 11) is 0. The Morgan fingerprint density at radius 3 is 2.83 bits per heavy atom. The van der Waals surface area contributed by atoms with Crippen LogP contribution in [0.2, 0.25) is 0 Å². The average molecular weight is 429 g/mol. The third-order valence-corrected chi connectivity index (χ3v) is 5.82. The monoisotopic (exact) mass is 428 g/mol. The van der Waals surface area contributed by atoms with E-state index in [0.717, 1.165) is 41.5 Å². The lowest BCUT2D eigenvalue weighted by atomic mass is 10.1. The Morgan fingerprint density at radius 1 is 1.21 bits per heavy atom. The van der Waals surface area contributed by atoms with Gasteiger partial charge in [0.25, 0.3) is 5.91 Å². The first-order chi connectivity index (χ1) is 14.2. The van der Waals surface area contributed by atoms with Crippen molar-refractivity contribution in [2.45, 2.75) is 12.8 Å². The third-order valence-electron chi connectivity index (χ3n) is 4.17. The molecule has 0 aliphatic carbocycles. The van der Waals surface area contributed by atoms with Gasteiger partial charge in [0.15, 0.2) is 15.9 Å². The average Bonchev–Trinajstić information content (AvgIpc) is 3.50. The number of nitrogens with zero attached hydrogens (tertiary/aromatic N) is 3. The molecule has 0 radical (unpaired) electrons. The minimum Gasteiger partial charge on any atom is -0.490 e. The van der Waals surface area contributed by atoms with Crippen LogP contribution >= 0.6 is 22.7 Å². The summed E-state index contributed by atoms with van der Waals surface area (Å²) >= 11 is 2.84. The van der Waals surface area contributed by atoms with E-state index in [4.69, 9.17) is 10.5 Å². The highest BCUT2D eigenvalue weighted by molar-refractivity contribution is 7.16. The van der Waals surface area contributed by atoms with Gasteiger partial charge in [0, 0.05) is 29.5 Å². The van der Waals surface area contributed by atoms with E-state index < -0.39 is 0 Å². The molecular weight excluding hydrogens is 408 g/mol. The zero-order chi connectivity index (χ0) is 20.1. The van der Waals surface area contributed by atoms with Gasteiger partial charge >= 0.3 is 0 Å². The highest BCUT2D eigenvalue weighted by Gasteiger charge is 2.16. The number of carbonyl (C=O) groups excluding carboxylic acids is 1. The van der Waals surface area contributed by atoms with Crippen LogP contribution in [0.25, 0.3) is 17.0 Å². The quantitative estimate of drug-likeness (QED) is 0.471. The summed E-state index contributed by atoms with van der Waals surface area (Å²) in [5.41, 5.74) is 7.86. The fraction of sp³-hybridized carbons (Fsp3) is 0.263. The van der Waals surface area contributed by atoms with Crippen LogP contribution in [-0.4, -0.2) is 40.8 Å². The minimum absolute atomic E-state index is 0.233. The summed E-state index contributed by atoms with van der Waals surface area (Å²) in [6, 6.07) is 7.32. The van der Waals surface area contributed by atoms with Gasteiger partial charge < -0.3 is 15.8 Å². The molecule has 0 unspecified atom stereocenters. The molecule has 150 valence electrons. The number of ether oxygens (including phenoxy) is 1. The van der Waals surface area contributed by atoms with Crippen molar-refractivity contribution in [2.24, 2.45) is 5.73 Å². The number of hydrogen-bond acceptors (Lipinski definition) is 9. The Bertz CT molecular complexity index is 1010. The SMILES string of the molecule is NCCCNc1nc(-c2ccc(C(=O)Nc3nnc(C4=CCCO4)s3)cc2)cs1. The van der Waals surface area contributed by atoms with Gasteiger partial charge in [0.05, 0.1) is 12.3 Å². The van der Waals surface area contributed by atoms with Gasteiger partial charge in [0.1, 0.15) is 0 Å². The molecule has 4 N–H and O–H groups in total. The molecule has 4 rings (SSSR count). The maximum atomic E-state index is 12.5. The maximum absolute atomic E-state index is 12.5. The van der Waals surface area contributed by atoms with Crippen LogP contribution < -0.4 is 16.4 Å². The molecule has 0 fully saturated rings. The Morgan fingerprint density at radius 2 is 2.07 bits per heavy atom. The van der Waals surface area contributed by atoms with Crippen LogP contribution in [0.15, 0.2) is 35.7 Å². The lowest BCUT2D eigenvalue weighted by molar-refractivity contribution is 0.102. The largest absolute Gasteiger partial charge is 0.490 e. The van der Waals surface area contributed by atoms with Gasteiger partial charge in [0.2, 0.25) is 5.13 Å². The molecule has 0 saturated heterocycles. The molecule has 0 spiro atoms. The number of rotatable bonds is 8. The first-order valence-electron chi connectivity index (χ1n) is 9.21. The van der Waals surface area contributed by atoms with Crippen LogP contribution in [-0.2, 0) is 4.74 Å². The summed E-state index contributed by atoms with van der Waals surface area (Å²) in [6.45, 7) is 2.12. The van der Waals surface area contributed by atoms with Crippen molar-refractivity contribution >= 4 is 44.6 Å². The zero-order valence-electron chi connectivity index (χ0n) is 15.6. The van der Waals surface area contributed by atoms with Crippen molar-refractivity contribution in [2.75, 3.05) is 30.3 Å². The van der Waals surface area contributed by atoms with E-state index in [0.29, 0.717) is 28.9 Å². The summed E-state index contributed by atoms with van der Waals surface area (Å²) < 4.78 is 5.47. The Hall–Kier alpha value is -2.82. The summed E-state index contributed by atoms with van der Waals surface area (Å²) in [4.78, 5) is 17.1. The van der Waals surface area contributed by atoms with E-state index >= 15 is 0 Å². The van der Waals surface area contributed by atoms with Crippen LogP contribution in [0.3, 0.4) is 0 Å². The molecule has 0 saturated carbocycles. The first-order valence-corrected chi connectivity index (χ1v) is 10.9. The number of nitrogens with one attached hydrogen (secondary N) is 2. The molecule has 1 amide bonds. The van der Waals surface area contributed by atoms with Gasteiger partial charge in [-0.1, -0.05) is 23.5 Å². The van der Waals surface area contributed by atoms with Crippen LogP contribution in [0.1, 0.15) is 28.2 Å². The number of anilines is 2. The number of benzene rings is 1. The second kappa shape index (κ2) is 9.12. The molecule has 3 aromatic rings. The predicted molar refractivity (Wildman–Crippen MR) is 116 cm³/mol. The Kier molecular flexibility index (Phi) is 6.13. The van der Waals surface area contributed by atoms with E-state index in [1.807, 2.05) is 23.6 Å². The molecule has 3 heterocycles. The molecule has 1 aliphatic rings. The topological polar surface area (TPSA) is 115 Å². The number of amides is 1. The lowest BCUT2D eigenvalue weighted by Gasteiger charge is -2.03.